The molecule has 0 amide bonds. The fourth-order valence-corrected chi connectivity index (χ4v) is 1.86. The molecule has 18 heavy (non-hydrogen) atoms. The normalized spacial score (nSPS) is 11.0. The van der Waals surface area contributed by atoms with Crippen LogP contribution in [0.4, 0.5) is 0 Å². The van der Waals surface area contributed by atoms with Crippen molar-refractivity contribution in [3.8, 4) is 0 Å². The van der Waals surface area contributed by atoms with Crippen molar-refractivity contribution < 1.29 is 0 Å². The van der Waals surface area contributed by atoms with E-state index in [4.69, 9.17) is 0 Å². The predicted molar refractivity (Wildman–Crippen MR) is 71.1 cm³/mol. The second-order valence-electron chi connectivity index (χ2n) is 4.52. The van der Waals surface area contributed by atoms with Crippen LogP contribution < -0.4 is 5.32 Å². The van der Waals surface area contributed by atoms with Gasteiger partial charge >= 0.3 is 0 Å². The molecule has 0 aromatic carbocycles. The first-order valence-corrected chi connectivity index (χ1v) is 6.48. The topological polar surface area (TPSA) is 47.7 Å². The summed E-state index contributed by atoms with van der Waals surface area (Å²) < 4.78 is 3.83. The minimum absolute atomic E-state index is 0.855. The molecule has 1 N–H and O–H groups in total. The molecule has 0 saturated carbocycles. The van der Waals surface area contributed by atoms with E-state index in [0.29, 0.717) is 0 Å². The first-order chi connectivity index (χ1) is 8.78. The van der Waals surface area contributed by atoms with Crippen molar-refractivity contribution in [3.05, 3.63) is 35.9 Å². The maximum atomic E-state index is 4.53. The summed E-state index contributed by atoms with van der Waals surface area (Å²) in [5, 5.41) is 12.0. The van der Waals surface area contributed by atoms with Gasteiger partial charge in [0, 0.05) is 32.5 Å². The van der Waals surface area contributed by atoms with Crippen LogP contribution in [0.15, 0.2) is 24.7 Å². The molecule has 0 fully saturated rings. The molecule has 0 aliphatic rings. The lowest BCUT2D eigenvalue weighted by molar-refractivity contribution is 0.590. The van der Waals surface area contributed by atoms with Gasteiger partial charge in [0.15, 0.2) is 0 Å². The van der Waals surface area contributed by atoms with Gasteiger partial charge in [-0.25, -0.2) is 0 Å². The first-order valence-electron chi connectivity index (χ1n) is 6.48. The Kier molecular flexibility index (Phi) is 4.52. The van der Waals surface area contributed by atoms with Crippen LogP contribution in [0.25, 0.3) is 0 Å². The van der Waals surface area contributed by atoms with Crippen molar-refractivity contribution in [1.29, 1.82) is 0 Å². The molecule has 0 bridgehead atoms. The number of nitrogens with one attached hydrogen (secondary N) is 1. The molecule has 5 heteroatoms. The molecule has 2 heterocycles. The van der Waals surface area contributed by atoms with Gasteiger partial charge in [0.25, 0.3) is 0 Å². The molecule has 0 saturated heterocycles. The Morgan fingerprint density at radius 3 is 3.00 bits per heavy atom. The standard InChI is InChI=1S/C13H21N5/c1-3-6-14-10-13-5-8-18(16-13)7-4-12-9-15-17(2)11-12/h5,8-9,11,14H,3-4,6-7,10H2,1-2H3. The molecule has 0 aliphatic carbocycles. The number of hydrogen-bond acceptors (Lipinski definition) is 3. The molecular formula is C13H21N5. The fourth-order valence-electron chi connectivity index (χ4n) is 1.86. The number of hydrogen-bond donors (Lipinski definition) is 1. The average molecular weight is 247 g/mol. The zero-order valence-electron chi connectivity index (χ0n) is 11.1. The van der Waals surface area contributed by atoms with Crippen LogP contribution in [-0.2, 0) is 26.6 Å². The number of aromatic nitrogens is 4. The number of aryl methyl sites for hydroxylation is 3. The van der Waals surface area contributed by atoms with E-state index in [-0.39, 0.29) is 0 Å². The third-order valence-corrected chi connectivity index (χ3v) is 2.82. The number of rotatable bonds is 7. The van der Waals surface area contributed by atoms with E-state index >= 15 is 0 Å². The minimum atomic E-state index is 0.855. The van der Waals surface area contributed by atoms with Gasteiger partial charge < -0.3 is 5.32 Å². The van der Waals surface area contributed by atoms with E-state index in [9.17, 15) is 0 Å². The predicted octanol–water partition coefficient (Wildman–Crippen LogP) is 1.36. The van der Waals surface area contributed by atoms with E-state index in [0.717, 1.165) is 38.2 Å². The van der Waals surface area contributed by atoms with Crippen LogP contribution >= 0.6 is 0 Å². The molecular weight excluding hydrogens is 226 g/mol. The molecule has 5 nitrogen and oxygen atoms in total. The monoisotopic (exact) mass is 247 g/mol. The van der Waals surface area contributed by atoms with Crippen molar-refractivity contribution in [2.45, 2.75) is 32.9 Å². The molecule has 2 aromatic rings. The van der Waals surface area contributed by atoms with Crippen LogP contribution in [0.3, 0.4) is 0 Å². The van der Waals surface area contributed by atoms with E-state index in [1.54, 1.807) is 0 Å². The molecule has 98 valence electrons. The third-order valence-electron chi connectivity index (χ3n) is 2.82. The second kappa shape index (κ2) is 6.35. The maximum absolute atomic E-state index is 4.53. The van der Waals surface area contributed by atoms with Gasteiger partial charge in [-0.05, 0) is 31.0 Å². The van der Waals surface area contributed by atoms with Gasteiger partial charge in [0.05, 0.1) is 11.9 Å². The molecule has 2 aromatic heterocycles. The van der Waals surface area contributed by atoms with Crippen molar-refractivity contribution in [3.63, 3.8) is 0 Å². The highest BCUT2D eigenvalue weighted by atomic mass is 15.3. The summed E-state index contributed by atoms with van der Waals surface area (Å²) in [4.78, 5) is 0. The van der Waals surface area contributed by atoms with Gasteiger partial charge in [-0.3, -0.25) is 9.36 Å². The Morgan fingerprint density at radius 2 is 2.28 bits per heavy atom. The lowest BCUT2D eigenvalue weighted by Gasteiger charge is -2.00. The summed E-state index contributed by atoms with van der Waals surface area (Å²) in [6.07, 6.45) is 8.12. The van der Waals surface area contributed by atoms with Gasteiger partial charge in [-0.1, -0.05) is 6.92 Å². The van der Waals surface area contributed by atoms with E-state index in [1.165, 1.54) is 5.56 Å². The fraction of sp³-hybridized carbons (Fsp3) is 0.538. The maximum Gasteiger partial charge on any atom is 0.0762 e. The third kappa shape index (κ3) is 3.70. The zero-order chi connectivity index (χ0) is 12.8. The molecule has 0 unspecified atom stereocenters. The largest absolute Gasteiger partial charge is 0.311 e. The highest BCUT2D eigenvalue weighted by Crippen LogP contribution is 2.01. The summed E-state index contributed by atoms with van der Waals surface area (Å²) in [5.74, 6) is 0. The average Bonchev–Trinajstić information content (AvgIpc) is 2.96. The Labute approximate surface area is 108 Å². The quantitative estimate of drug-likeness (QED) is 0.752. The summed E-state index contributed by atoms with van der Waals surface area (Å²) >= 11 is 0. The van der Waals surface area contributed by atoms with Crippen molar-refractivity contribution in [1.82, 2.24) is 24.9 Å². The Morgan fingerprint density at radius 1 is 1.39 bits per heavy atom. The first kappa shape index (κ1) is 12.8. The van der Waals surface area contributed by atoms with Crippen LogP contribution in [-0.4, -0.2) is 26.1 Å². The van der Waals surface area contributed by atoms with Gasteiger partial charge in [0.1, 0.15) is 0 Å². The Balaban J connectivity index is 1.79. The number of nitrogens with zero attached hydrogens (tertiary/aromatic N) is 4. The van der Waals surface area contributed by atoms with Crippen LogP contribution in [0.2, 0.25) is 0 Å². The SMILES string of the molecule is CCCNCc1ccn(CCc2cnn(C)c2)n1. The van der Waals surface area contributed by atoms with Crippen molar-refractivity contribution in [2.24, 2.45) is 7.05 Å². The zero-order valence-corrected chi connectivity index (χ0v) is 11.1. The lowest BCUT2D eigenvalue weighted by Crippen LogP contribution is -2.14. The molecule has 0 radical (unpaired) electrons. The minimum Gasteiger partial charge on any atom is -0.311 e. The van der Waals surface area contributed by atoms with Gasteiger partial charge in [-0.15, -0.1) is 0 Å². The molecule has 0 atom stereocenters. The van der Waals surface area contributed by atoms with Crippen molar-refractivity contribution in [2.75, 3.05) is 6.54 Å². The van der Waals surface area contributed by atoms with E-state index in [2.05, 4.69) is 28.5 Å². The summed E-state index contributed by atoms with van der Waals surface area (Å²) in [7, 11) is 1.94. The van der Waals surface area contributed by atoms with E-state index in [1.807, 2.05) is 35.0 Å². The molecule has 2 rings (SSSR count). The van der Waals surface area contributed by atoms with Crippen LogP contribution in [0, 0.1) is 0 Å². The van der Waals surface area contributed by atoms with Crippen LogP contribution in [0.1, 0.15) is 24.6 Å². The summed E-state index contributed by atoms with van der Waals surface area (Å²) in [6, 6.07) is 2.08. The molecule has 0 aliphatic heterocycles. The summed E-state index contributed by atoms with van der Waals surface area (Å²) in [6.45, 7) is 4.97. The van der Waals surface area contributed by atoms with Gasteiger partial charge in [-0.2, -0.15) is 10.2 Å². The highest BCUT2D eigenvalue weighted by Gasteiger charge is 2.00. The molecule has 0 spiro atoms. The Hall–Kier alpha value is -1.62. The Bertz CT molecular complexity index is 471. The van der Waals surface area contributed by atoms with Gasteiger partial charge in [0.2, 0.25) is 0 Å². The second-order valence-corrected chi connectivity index (χ2v) is 4.52. The highest BCUT2D eigenvalue weighted by molar-refractivity contribution is 5.04. The lowest BCUT2D eigenvalue weighted by atomic mass is 10.2. The van der Waals surface area contributed by atoms with E-state index < -0.39 is 0 Å². The van der Waals surface area contributed by atoms with Crippen molar-refractivity contribution >= 4 is 0 Å². The van der Waals surface area contributed by atoms with Crippen LogP contribution in [0.5, 0.6) is 0 Å². The smallest absolute Gasteiger partial charge is 0.0762 e. The summed E-state index contributed by atoms with van der Waals surface area (Å²) in [5.41, 5.74) is 2.35.